The van der Waals surface area contributed by atoms with Crippen LogP contribution in [0.4, 0.5) is 0 Å². The topological polar surface area (TPSA) is 70.5 Å². The maximum atomic E-state index is 12.8. The van der Waals surface area contributed by atoms with Crippen LogP contribution >= 0.6 is 9.69 Å². The zero-order valence-corrected chi connectivity index (χ0v) is 24.6. The first-order valence-electron chi connectivity index (χ1n) is 11.7. The zero-order valence-electron chi connectivity index (χ0n) is 21.3. The molecule has 0 N–H and O–H groups in total. The summed E-state index contributed by atoms with van der Waals surface area (Å²) in [5.41, 5.74) is 17.1. The van der Waals surface area contributed by atoms with Gasteiger partial charge in [-0.25, -0.2) is 8.42 Å². The number of benzene rings is 4. The fraction of sp³-hybridized carbons (Fsp3) is 0.200. The van der Waals surface area contributed by atoms with Crippen LogP contribution in [0.25, 0.3) is 10.5 Å². The molecule has 0 aromatic heterocycles. The summed E-state index contributed by atoms with van der Waals surface area (Å²) in [6, 6.07) is 29.0. The molecule has 0 unspecified atom stereocenters. The molecule has 0 aliphatic rings. The molecule has 4 aromatic rings. The average molecular weight is 620 g/mol. The molecule has 7 heteroatoms. The number of hydrogen-bond acceptors (Lipinski definition) is 2. The summed E-state index contributed by atoms with van der Waals surface area (Å²) in [5, 5.41) is 0. The van der Waals surface area contributed by atoms with E-state index in [2.05, 4.69) is 53.4 Å². The molecule has 0 bridgehead atoms. The predicted molar refractivity (Wildman–Crippen MR) is 150 cm³/mol. The first-order valence-corrected chi connectivity index (χ1v) is 15.3. The Kier molecular flexibility index (Phi) is 12.7. The second-order valence-electron chi connectivity index (χ2n) is 8.77. The Morgan fingerprint density at radius 3 is 1.49 bits per heavy atom. The van der Waals surface area contributed by atoms with E-state index in [1.807, 2.05) is 36.4 Å². The second kappa shape index (κ2) is 15.2. The number of sulfonamides is 1. The molecule has 2 atom stereocenters. The number of halogens is 1. The van der Waals surface area contributed by atoms with E-state index in [0.717, 1.165) is 5.56 Å². The van der Waals surface area contributed by atoms with Crippen molar-refractivity contribution in [3.8, 4) is 0 Å². The first-order chi connectivity index (χ1) is 17.7. The Bertz CT molecular complexity index is 1280. The van der Waals surface area contributed by atoms with Crippen LogP contribution in [0.2, 0.25) is 0 Å². The Labute approximate surface area is 236 Å². The number of hydrogen-bond donors (Lipinski definition) is 0. The van der Waals surface area contributed by atoms with Crippen LogP contribution in [0.1, 0.15) is 45.5 Å². The van der Waals surface area contributed by atoms with Gasteiger partial charge in [-0.2, -0.15) is 0 Å². The molecule has 0 aliphatic heterocycles. The minimum atomic E-state index is -3.91. The minimum absolute atomic E-state index is 0.115. The molecule has 1 radical (unpaired) electrons. The summed E-state index contributed by atoms with van der Waals surface area (Å²) in [7, 11) is 0.656. The molecule has 0 heterocycles. The van der Waals surface area contributed by atoms with Crippen molar-refractivity contribution in [2.75, 3.05) is 0 Å². The van der Waals surface area contributed by atoms with E-state index in [-0.39, 0.29) is 4.90 Å². The third-order valence-electron chi connectivity index (χ3n) is 5.52. The van der Waals surface area contributed by atoms with Gasteiger partial charge in [0.1, 0.15) is 10.0 Å². The van der Waals surface area contributed by atoms with Crippen molar-refractivity contribution in [2.45, 2.75) is 44.7 Å². The van der Waals surface area contributed by atoms with Crippen molar-refractivity contribution in [1.29, 1.82) is 0 Å². The van der Waals surface area contributed by atoms with Gasteiger partial charge in [-0.05, 0) is 39.8 Å². The first kappa shape index (κ1) is 30.9. The number of rotatable bonds is 6. The van der Waals surface area contributed by atoms with E-state index in [4.69, 9.17) is 0 Å². The van der Waals surface area contributed by atoms with Crippen LogP contribution in [-0.2, 0) is 27.3 Å². The Morgan fingerprint density at radius 1 is 0.649 bits per heavy atom. The molecule has 4 nitrogen and oxygen atoms in total. The van der Waals surface area contributed by atoms with Crippen LogP contribution in [0.5, 0.6) is 0 Å². The van der Waals surface area contributed by atoms with Crippen molar-refractivity contribution >= 4 is 19.7 Å². The molecule has 0 saturated heterocycles. The van der Waals surface area contributed by atoms with Crippen LogP contribution in [0, 0.1) is 27.7 Å². The van der Waals surface area contributed by atoms with Gasteiger partial charge in [0.05, 0.1) is 0 Å². The zero-order chi connectivity index (χ0) is 27.4. The molecule has 37 heavy (non-hydrogen) atoms. The Hall–Kier alpha value is -2.34. The van der Waals surface area contributed by atoms with Gasteiger partial charge in [-0.1, -0.05) is 124 Å². The molecule has 4 rings (SSSR count). The standard InChI is InChI=1S/C21H19N2O2S.C9H12.ClH.Ru/c1-16-12-14-19(15-13-16)26(24,25)23-21(18-10-6-3-7-11-18)20(22)17-8-4-2-5-9-17;1-7-4-8(2)6-9(3)5-7;;/h2-15,20-21H,1H3;4-6H,1-3H3;1H;/q-2;;;+3/p-1/t20-,21-;;;/m0.../s1. The van der Waals surface area contributed by atoms with Gasteiger partial charge in [0.25, 0.3) is 0 Å². The third kappa shape index (κ3) is 9.81. The quantitative estimate of drug-likeness (QED) is 0.203. The Morgan fingerprint density at radius 2 is 1.05 bits per heavy atom. The van der Waals surface area contributed by atoms with Crippen molar-refractivity contribution in [2.24, 2.45) is 0 Å². The molecule has 0 spiro atoms. The van der Waals surface area contributed by atoms with Gasteiger partial charge in [0.2, 0.25) is 0 Å². The van der Waals surface area contributed by atoms with Crippen molar-refractivity contribution < 1.29 is 25.7 Å². The molecular weight excluding hydrogens is 589 g/mol. The summed E-state index contributed by atoms with van der Waals surface area (Å²) in [5.74, 6) is 0. The molecule has 0 saturated carbocycles. The fourth-order valence-electron chi connectivity index (χ4n) is 3.91. The predicted octanol–water partition coefficient (Wildman–Crippen LogP) is 8.68. The molecule has 194 valence electrons. The molecule has 4 aromatic carbocycles. The van der Waals surface area contributed by atoms with Crippen LogP contribution in [0.15, 0.2) is 108 Å². The molecule has 0 aliphatic carbocycles. The summed E-state index contributed by atoms with van der Waals surface area (Å²) in [6.07, 6.45) is 0. The number of aryl methyl sites for hydroxylation is 4. The van der Waals surface area contributed by atoms with Gasteiger partial charge in [0, 0.05) is 4.90 Å². The summed E-state index contributed by atoms with van der Waals surface area (Å²) in [4.78, 5) is 0.115. The van der Waals surface area contributed by atoms with E-state index in [9.17, 15) is 14.2 Å². The van der Waals surface area contributed by atoms with Crippen LogP contribution in [0.3, 0.4) is 0 Å². The monoisotopic (exact) mass is 620 g/mol. The summed E-state index contributed by atoms with van der Waals surface area (Å²) < 4.78 is 29.6. The van der Waals surface area contributed by atoms with Gasteiger partial charge >= 0.3 is 27.0 Å². The van der Waals surface area contributed by atoms with Gasteiger partial charge in [-0.15, -0.1) is 12.1 Å². The van der Waals surface area contributed by atoms with Gasteiger partial charge in [-0.3, -0.25) is 0 Å². The normalized spacial score (nSPS) is 12.3. The van der Waals surface area contributed by atoms with Crippen LogP contribution in [-0.4, -0.2) is 8.42 Å². The summed E-state index contributed by atoms with van der Waals surface area (Å²) in [6.45, 7) is 8.26. The van der Waals surface area contributed by atoms with E-state index in [1.165, 1.54) is 28.8 Å². The van der Waals surface area contributed by atoms with E-state index < -0.39 is 22.1 Å². The van der Waals surface area contributed by atoms with Crippen molar-refractivity contribution in [3.05, 3.63) is 147 Å². The van der Waals surface area contributed by atoms with Gasteiger partial charge in [0.15, 0.2) is 0 Å². The average Bonchev–Trinajstić information content (AvgIpc) is 2.89. The van der Waals surface area contributed by atoms with Crippen molar-refractivity contribution in [1.82, 2.24) is 0 Å². The Balaban J connectivity index is 0.000000367. The molecule has 0 fully saturated rings. The SMILES string of the molecule is Cc1cc(C)cc(C)c1.Cc1ccc(S(=O)(=O)[N-][C@@H](c2ccccc2)[C@@H]([N-])c2ccccc2)cc1.[Cl][Ru+2]. The van der Waals surface area contributed by atoms with Crippen molar-refractivity contribution in [3.63, 3.8) is 0 Å². The van der Waals surface area contributed by atoms with E-state index in [0.29, 0.717) is 11.1 Å². The van der Waals surface area contributed by atoms with Gasteiger partial charge < -0.3 is 10.5 Å². The van der Waals surface area contributed by atoms with E-state index in [1.54, 1.807) is 60.7 Å². The van der Waals surface area contributed by atoms with E-state index >= 15 is 0 Å². The third-order valence-corrected chi connectivity index (χ3v) is 6.89. The fourth-order valence-corrected chi connectivity index (χ4v) is 5.04. The number of nitrogens with zero attached hydrogens (tertiary/aromatic N) is 2. The second-order valence-corrected chi connectivity index (χ2v) is 10.4. The summed E-state index contributed by atoms with van der Waals surface area (Å²) >= 11 is 1.82. The maximum absolute atomic E-state index is 12.8. The molecule has 0 amide bonds. The molecular formula is C30H31ClN2O2RuS. The van der Waals surface area contributed by atoms with Crippen LogP contribution < -0.4 is 0 Å².